The zero-order chi connectivity index (χ0) is 13.5. The van der Waals surface area contributed by atoms with E-state index in [2.05, 4.69) is 35.0 Å². The smallest absolute Gasteiger partial charge is 0.318 e. The average Bonchev–Trinajstić information content (AvgIpc) is 3.03. The van der Waals surface area contributed by atoms with E-state index < -0.39 is 0 Å². The summed E-state index contributed by atoms with van der Waals surface area (Å²) in [6, 6.07) is 8.97. The molecule has 2 amide bonds. The molecular weight excluding hydrogens is 270 g/mol. The summed E-state index contributed by atoms with van der Waals surface area (Å²) in [4.78, 5) is 16.4. The number of nitrogens with one attached hydrogen (secondary N) is 1. The fourth-order valence-electron chi connectivity index (χ4n) is 3.18. The Morgan fingerprint density at radius 2 is 2.25 bits per heavy atom. The van der Waals surface area contributed by atoms with Crippen molar-refractivity contribution in [3.05, 3.63) is 35.2 Å². The Hall–Kier alpha value is -1.59. The third-order valence-corrected chi connectivity index (χ3v) is 5.23. The minimum Gasteiger partial charge on any atom is -0.318 e. The summed E-state index contributed by atoms with van der Waals surface area (Å²) in [5.41, 5.74) is 1.27. The van der Waals surface area contributed by atoms with Gasteiger partial charge in [0.05, 0.1) is 6.04 Å². The number of amides is 2. The molecule has 104 valence electrons. The Balaban J connectivity index is 1.58. The summed E-state index contributed by atoms with van der Waals surface area (Å²) in [5.74, 6) is 0. The van der Waals surface area contributed by atoms with Gasteiger partial charge >= 0.3 is 6.03 Å². The first-order valence-corrected chi connectivity index (χ1v) is 7.92. The van der Waals surface area contributed by atoms with E-state index in [9.17, 15) is 4.79 Å². The molecule has 1 unspecified atom stereocenters. The van der Waals surface area contributed by atoms with Gasteiger partial charge in [0.25, 0.3) is 0 Å². The molecule has 4 nitrogen and oxygen atoms in total. The summed E-state index contributed by atoms with van der Waals surface area (Å²) in [6.45, 7) is 4.25. The quantitative estimate of drug-likeness (QED) is 0.918. The van der Waals surface area contributed by atoms with Crippen molar-refractivity contribution < 1.29 is 4.79 Å². The second-order valence-corrected chi connectivity index (χ2v) is 6.38. The Bertz CT molecular complexity index is 653. The standard InChI is InChI=1S/C15H17N3OS/c19-15-17(9-12-7-16-5-6-18(12)15)8-11-10-20-14-4-2-1-3-13(11)14/h1-4,10,12,16H,5-9H2. The Morgan fingerprint density at radius 1 is 1.35 bits per heavy atom. The number of benzene rings is 1. The van der Waals surface area contributed by atoms with E-state index in [1.807, 2.05) is 9.80 Å². The van der Waals surface area contributed by atoms with Gasteiger partial charge in [-0.05, 0) is 22.4 Å². The normalized spacial score (nSPS) is 22.6. The largest absolute Gasteiger partial charge is 0.320 e. The number of rotatable bonds is 2. The number of piperazine rings is 1. The lowest BCUT2D eigenvalue weighted by atomic mass is 10.1. The van der Waals surface area contributed by atoms with Crippen molar-refractivity contribution >= 4 is 27.5 Å². The minimum atomic E-state index is 0.201. The predicted octanol–water partition coefficient (Wildman–Crippen LogP) is 2.11. The molecule has 3 heterocycles. The zero-order valence-corrected chi connectivity index (χ0v) is 12.0. The molecule has 0 saturated carbocycles. The number of nitrogens with zero attached hydrogens (tertiary/aromatic N) is 2. The summed E-state index contributed by atoms with van der Waals surface area (Å²) < 4.78 is 1.30. The van der Waals surface area contributed by atoms with E-state index in [0.717, 1.165) is 32.7 Å². The van der Waals surface area contributed by atoms with E-state index >= 15 is 0 Å². The summed E-state index contributed by atoms with van der Waals surface area (Å²) >= 11 is 1.76. The first-order valence-electron chi connectivity index (χ1n) is 7.04. The van der Waals surface area contributed by atoms with Crippen molar-refractivity contribution in [3.8, 4) is 0 Å². The van der Waals surface area contributed by atoms with Gasteiger partial charge in [-0.3, -0.25) is 0 Å². The minimum absolute atomic E-state index is 0.201. The molecule has 2 saturated heterocycles. The number of hydrogen-bond donors (Lipinski definition) is 1. The Morgan fingerprint density at radius 3 is 3.15 bits per heavy atom. The van der Waals surface area contributed by atoms with E-state index in [1.54, 1.807) is 11.3 Å². The number of thiophene rings is 1. The summed E-state index contributed by atoms with van der Waals surface area (Å²) in [6.07, 6.45) is 0. The third kappa shape index (κ3) is 1.89. The number of carbonyl (C=O) groups excluding carboxylic acids is 1. The molecule has 5 heteroatoms. The van der Waals surface area contributed by atoms with E-state index in [0.29, 0.717) is 6.04 Å². The van der Waals surface area contributed by atoms with Crippen LogP contribution in [-0.4, -0.2) is 48.1 Å². The van der Waals surface area contributed by atoms with Crippen molar-refractivity contribution in [1.82, 2.24) is 15.1 Å². The van der Waals surface area contributed by atoms with E-state index in [4.69, 9.17) is 0 Å². The van der Waals surface area contributed by atoms with Gasteiger partial charge in [0, 0.05) is 37.4 Å². The van der Waals surface area contributed by atoms with Crippen LogP contribution in [0.5, 0.6) is 0 Å². The van der Waals surface area contributed by atoms with E-state index in [1.165, 1.54) is 15.6 Å². The summed E-state index contributed by atoms with van der Waals surface area (Å²) in [5, 5.41) is 6.84. The lowest BCUT2D eigenvalue weighted by Gasteiger charge is -2.28. The number of carbonyl (C=O) groups is 1. The number of hydrogen-bond acceptors (Lipinski definition) is 3. The predicted molar refractivity (Wildman–Crippen MR) is 81.0 cm³/mol. The van der Waals surface area contributed by atoms with Crippen LogP contribution >= 0.6 is 11.3 Å². The van der Waals surface area contributed by atoms with Gasteiger partial charge in [0.2, 0.25) is 0 Å². The van der Waals surface area contributed by atoms with Crippen molar-refractivity contribution in [3.63, 3.8) is 0 Å². The van der Waals surface area contributed by atoms with E-state index in [-0.39, 0.29) is 6.03 Å². The van der Waals surface area contributed by atoms with Crippen molar-refractivity contribution in [2.45, 2.75) is 12.6 Å². The molecule has 0 radical (unpaired) electrons. The fourth-order valence-corrected chi connectivity index (χ4v) is 4.14. The maximum atomic E-state index is 12.4. The highest BCUT2D eigenvalue weighted by Gasteiger charge is 2.38. The first kappa shape index (κ1) is 12.2. The molecule has 0 spiro atoms. The highest BCUT2D eigenvalue weighted by molar-refractivity contribution is 7.17. The molecule has 0 bridgehead atoms. The topological polar surface area (TPSA) is 35.6 Å². The van der Waals surface area contributed by atoms with Gasteiger partial charge in [-0.1, -0.05) is 18.2 Å². The fraction of sp³-hybridized carbons (Fsp3) is 0.400. The van der Waals surface area contributed by atoms with Gasteiger partial charge in [-0.2, -0.15) is 0 Å². The molecule has 2 aromatic rings. The monoisotopic (exact) mass is 287 g/mol. The Kier molecular flexibility index (Phi) is 2.89. The van der Waals surface area contributed by atoms with Crippen LogP contribution in [0, 0.1) is 0 Å². The van der Waals surface area contributed by atoms with Crippen LogP contribution in [0.4, 0.5) is 4.79 Å². The molecule has 1 aromatic heterocycles. The van der Waals surface area contributed by atoms with Crippen LogP contribution in [0.1, 0.15) is 5.56 Å². The molecular formula is C15H17N3OS. The molecule has 1 atom stereocenters. The maximum Gasteiger partial charge on any atom is 0.320 e. The average molecular weight is 287 g/mol. The van der Waals surface area contributed by atoms with Gasteiger partial charge < -0.3 is 15.1 Å². The molecule has 0 aliphatic carbocycles. The molecule has 20 heavy (non-hydrogen) atoms. The van der Waals surface area contributed by atoms with Gasteiger partial charge in [-0.25, -0.2) is 4.79 Å². The first-order chi connectivity index (χ1) is 9.83. The maximum absolute atomic E-state index is 12.4. The highest BCUT2D eigenvalue weighted by atomic mass is 32.1. The second kappa shape index (κ2) is 4.75. The lowest BCUT2D eigenvalue weighted by Crippen LogP contribution is -2.49. The lowest BCUT2D eigenvalue weighted by molar-refractivity contribution is 0.178. The van der Waals surface area contributed by atoms with Gasteiger partial charge in [0.1, 0.15) is 0 Å². The Labute approximate surface area is 122 Å². The SMILES string of the molecule is O=C1N(Cc2csc3ccccc23)CC2CNCCN12. The third-order valence-electron chi connectivity index (χ3n) is 4.22. The molecule has 2 aliphatic rings. The zero-order valence-electron chi connectivity index (χ0n) is 11.2. The van der Waals surface area contributed by atoms with Gasteiger partial charge in [-0.15, -0.1) is 11.3 Å². The molecule has 2 fully saturated rings. The number of urea groups is 1. The van der Waals surface area contributed by atoms with Crippen molar-refractivity contribution in [1.29, 1.82) is 0 Å². The second-order valence-electron chi connectivity index (χ2n) is 5.47. The van der Waals surface area contributed by atoms with Crippen LogP contribution in [-0.2, 0) is 6.54 Å². The highest BCUT2D eigenvalue weighted by Crippen LogP contribution is 2.28. The molecule has 1 N–H and O–H groups in total. The van der Waals surface area contributed by atoms with Gasteiger partial charge in [0.15, 0.2) is 0 Å². The van der Waals surface area contributed by atoms with Crippen LogP contribution < -0.4 is 5.32 Å². The van der Waals surface area contributed by atoms with Crippen LogP contribution in [0.3, 0.4) is 0 Å². The summed E-state index contributed by atoms with van der Waals surface area (Å²) in [7, 11) is 0. The molecule has 2 aliphatic heterocycles. The molecule has 4 rings (SSSR count). The van der Waals surface area contributed by atoms with Crippen molar-refractivity contribution in [2.24, 2.45) is 0 Å². The number of fused-ring (bicyclic) bond motifs is 2. The molecule has 1 aromatic carbocycles. The van der Waals surface area contributed by atoms with Crippen LogP contribution in [0.15, 0.2) is 29.6 Å². The van der Waals surface area contributed by atoms with Crippen LogP contribution in [0.25, 0.3) is 10.1 Å². The van der Waals surface area contributed by atoms with Crippen LogP contribution in [0.2, 0.25) is 0 Å². The van der Waals surface area contributed by atoms with Crippen molar-refractivity contribution in [2.75, 3.05) is 26.2 Å².